The molecule has 1 aliphatic carbocycles. The first-order valence-electron chi connectivity index (χ1n) is 7.05. The average Bonchev–Trinajstić information content (AvgIpc) is 2.88. The number of hydrogen-bond donors (Lipinski definition) is 1. The van der Waals surface area contributed by atoms with Gasteiger partial charge < -0.3 is 10.0 Å². The highest BCUT2D eigenvalue weighted by Gasteiger charge is 2.26. The van der Waals surface area contributed by atoms with E-state index >= 15 is 0 Å². The second-order valence-electron chi connectivity index (χ2n) is 5.19. The third kappa shape index (κ3) is 2.16. The van der Waals surface area contributed by atoms with E-state index in [2.05, 4.69) is 46.1 Å². The first-order chi connectivity index (χ1) is 9.70. The van der Waals surface area contributed by atoms with Crippen LogP contribution < -0.4 is 4.90 Å². The molecule has 3 rings (SSSR count). The molecule has 104 valence electrons. The van der Waals surface area contributed by atoms with Crippen molar-refractivity contribution in [2.45, 2.75) is 32.3 Å². The summed E-state index contributed by atoms with van der Waals surface area (Å²) < 4.78 is 0. The molecule has 0 bridgehead atoms. The number of aryl methyl sites for hydroxylation is 1. The van der Waals surface area contributed by atoms with Crippen molar-refractivity contribution in [3.8, 4) is 0 Å². The van der Waals surface area contributed by atoms with E-state index < -0.39 is 6.10 Å². The van der Waals surface area contributed by atoms with E-state index in [0.717, 1.165) is 42.0 Å². The Morgan fingerprint density at radius 2 is 2.00 bits per heavy atom. The third-order valence-electron chi connectivity index (χ3n) is 3.99. The van der Waals surface area contributed by atoms with Crippen LogP contribution in [0.2, 0.25) is 0 Å². The van der Waals surface area contributed by atoms with Crippen LogP contribution in [0.5, 0.6) is 0 Å². The molecule has 4 nitrogen and oxygen atoms in total. The fourth-order valence-corrected chi connectivity index (χ4v) is 2.73. The van der Waals surface area contributed by atoms with Gasteiger partial charge in [-0.05, 0) is 37.0 Å². The Morgan fingerprint density at radius 3 is 2.70 bits per heavy atom. The predicted molar refractivity (Wildman–Crippen MR) is 79.2 cm³/mol. The number of anilines is 2. The predicted octanol–water partition coefficient (Wildman–Crippen LogP) is 2.79. The Kier molecular flexibility index (Phi) is 3.40. The fraction of sp³-hybridized carbons (Fsp3) is 0.375. The van der Waals surface area contributed by atoms with Gasteiger partial charge in [0.15, 0.2) is 0 Å². The summed E-state index contributed by atoms with van der Waals surface area (Å²) in [6.45, 7) is 2.15. The standard InChI is InChI=1S/C16H19N3O/c1-3-11-4-6-12(7-5-11)19(2)16-13-8-9-14(20)15(13)17-10-18-16/h4-7,10,14,20H,3,8-9H2,1-2H3. The normalized spacial score (nSPS) is 17.1. The summed E-state index contributed by atoms with van der Waals surface area (Å²) in [5, 5.41) is 9.92. The summed E-state index contributed by atoms with van der Waals surface area (Å²) >= 11 is 0. The molecule has 0 saturated heterocycles. The number of benzene rings is 1. The van der Waals surface area contributed by atoms with E-state index in [9.17, 15) is 5.11 Å². The summed E-state index contributed by atoms with van der Waals surface area (Å²) in [4.78, 5) is 10.7. The van der Waals surface area contributed by atoms with Gasteiger partial charge in [0.2, 0.25) is 0 Å². The Bertz CT molecular complexity index is 610. The molecule has 4 heteroatoms. The van der Waals surface area contributed by atoms with Crippen LogP contribution in [0.15, 0.2) is 30.6 Å². The first-order valence-corrected chi connectivity index (χ1v) is 7.05. The van der Waals surface area contributed by atoms with E-state index in [1.165, 1.54) is 5.56 Å². The second kappa shape index (κ2) is 5.21. The number of rotatable bonds is 3. The van der Waals surface area contributed by atoms with Crippen molar-refractivity contribution in [1.82, 2.24) is 9.97 Å². The van der Waals surface area contributed by atoms with E-state index in [-0.39, 0.29) is 0 Å². The highest BCUT2D eigenvalue weighted by Crippen LogP contribution is 2.36. The van der Waals surface area contributed by atoms with Crippen molar-refractivity contribution in [2.75, 3.05) is 11.9 Å². The zero-order chi connectivity index (χ0) is 14.1. The zero-order valence-electron chi connectivity index (χ0n) is 11.9. The van der Waals surface area contributed by atoms with Gasteiger partial charge in [-0.15, -0.1) is 0 Å². The summed E-state index contributed by atoms with van der Waals surface area (Å²) in [5.41, 5.74) is 4.28. The molecule has 0 aliphatic heterocycles. The summed E-state index contributed by atoms with van der Waals surface area (Å²) in [5.74, 6) is 0.899. The minimum Gasteiger partial charge on any atom is -0.387 e. The number of aromatic nitrogens is 2. The second-order valence-corrected chi connectivity index (χ2v) is 5.19. The van der Waals surface area contributed by atoms with Gasteiger partial charge in [-0.1, -0.05) is 19.1 Å². The smallest absolute Gasteiger partial charge is 0.139 e. The maximum Gasteiger partial charge on any atom is 0.139 e. The zero-order valence-corrected chi connectivity index (χ0v) is 11.9. The number of aliphatic hydroxyl groups excluding tert-OH is 1. The summed E-state index contributed by atoms with van der Waals surface area (Å²) in [6.07, 6.45) is 3.72. The van der Waals surface area contributed by atoms with Crippen molar-refractivity contribution < 1.29 is 5.11 Å². The SMILES string of the molecule is CCc1ccc(N(C)c2ncnc3c2CCC3O)cc1. The third-order valence-corrected chi connectivity index (χ3v) is 3.99. The Balaban J connectivity index is 1.96. The Labute approximate surface area is 119 Å². The lowest BCUT2D eigenvalue weighted by Gasteiger charge is -2.21. The van der Waals surface area contributed by atoms with Crippen molar-refractivity contribution >= 4 is 11.5 Å². The average molecular weight is 269 g/mol. The van der Waals surface area contributed by atoms with E-state index in [1.807, 2.05) is 7.05 Å². The summed E-state index contributed by atoms with van der Waals surface area (Å²) in [6, 6.07) is 8.50. The number of aliphatic hydroxyl groups is 1. The maximum absolute atomic E-state index is 9.92. The molecular formula is C16H19N3O. The monoisotopic (exact) mass is 269 g/mol. The topological polar surface area (TPSA) is 49.2 Å². The van der Waals surface area contributed by atoms with Crippen LogP contribution in [0.25, 0.3) is 0 Å². The largest absolute Gasteiger partial charge is 0.387 e. The fourth-order valence-electron chi connectivity index (χ4n) is 2.73. The lowest BCUT2D eigenvalue weighted by molar-refractivity contribution is 0.175. The Hall–Kier alpha value is -1.94. The molecule has 1 heterocycles. The molecule has 2 aromatic rings. The van der Waals surface area contributed by atoms with Crippen LogP contribution in [-0.2, 0) is 12.8 Å². The molecule has 1 unspecified atom stereocenters. The van der Waals surface area contributed by atoms with Gasteiger partial charge in [0.25, 0.3) is 0 Å². The van der Waals surface area contributed by atoms with Gasteiger partial charge in [-0.25, -0.2) is 9.97 Å². The van der Waals surface area contributed by atoms with Gasteiger partial charge >= 0.3 is 0 Å². The molecule has 1 aliphatic rings. The van der Waals surface area contributed by atoms with Gasteiger partial charge in [0.1, 0.15) is 12.1 Å². The molecule has 0 radical (unpaired) electrons. The number of hydrogen-bond acceptors (Lipinski definition) is 4. The van der Waals surface area contributed by atoms with Crippen molar-refractivity contribution in [3.05, 3.63) is 47.4 Å². The molecule has 1 aromatic carbocycles. The van der Waals surface area contributed by atoms with E-state index in [0.29, 0.717) is 0 Å². The number of nitrogens with zero attached hydrogens (tertiary/aromatic N) is 3. The van der Waals surface area contributed by atoms with E-state index in [1.54, 1.807) is 6.33 Å². The molecule has 1 aromatic heterocycles. The quantitative estimate of drug-likeness (QED) is 0.931. The molecule has 1 atom stereocenters. The van der Waals surface area contributed by atoms with Crippen LogP contribution in [0.1, 0.15) is 36.3 Å². The van der Waals surface area contributed by atoms with Crippen LogP contribution in [0.4, 0.5) is 11.5 Å². The van der Waals surface area contributed by atoms with Crippen molar-refractivity contribution in [3.63, 3.8) is 0 Å². The molecule has 20 heavy (non-hydrogen) atoms. The minimum atomic E-state index is -0.442. The molecule has 1 N–H and O–H groups in total. The van der Waals surface area contributed by atoms with E-state index in [4.69, 9.17) is 0 Å². The van der Waals surface area contributed by atoms with Gasteiger partial charge in [0.05, 0.1) is 11.8 Å². The van der Waals surface area contributed by atoms with Crippen molar-refractivity contribution in [2.24, 2.45) is 0 Å². The van der Waals surface area contributed by atoms with Crippen LogP contribution in [0, 0.1) is 0 Å². The van der Waals surface area contributed by atoms with Crippen LogP contribution in [0.3, 0.4) is 0 Å². The van der Waals surface area contributed by atoms with Gasteiger partial charge in [-0.2, -0.15) is 0 Å². The minimum absolute atomic E-state index is 0.442. The lowest BCUT2D eigenvalue weighted by Crippen LogP contribution is -2.14. The van der Waals surface area contributed by atoms with Crippen molar-refractivity contribution in [1.29, 1.82) is 0 Å². The van der Waals surface area contributed by atoms with Gasteiger partial charge in [0, 0.05) is 18.3 Å². The highest BCUT2D eigenvalue weighted by molar-refractivity contribution is 5.63. The lowest BCUT2D eigenvalue weighted by atomic mass is 10.1. The molecule has 0 fully saturated rings. The van der Waals surface area contributed by atoms with Crippen LogP contribution >= 0.6 is 0 Å². The highest BCUT2D eigenvalue weighted by atomic mass is 16.3. The molecule has 0 saturated carbocycles. The van der Waals surface area contributed by atoms with Gasteiger partial charge in [-0.3, -0.25) is 0 Å². The number of fused-ring (bicyclic) bond motifs is 1. The summed E-state index contributed by atoms with van der Waals surface area (Å²) in [7, 11) is 2.01. The maximum atomic E-state index is 9.92. The first kappa shape index (κ1) is 13.1. The molecule has 0 amide bonds. The molecular weight excluding hydrogens is 250 g/mol. The molecule has 0 spiro atoms. The Morgan fingerprint density at radius 1 is 1.25 bits per heavy atom. The van der Waals surface area contributed by atoms with Crippen LogP contribution in [-0.4, -0.2) is 22.1 Å².